The fourth-order valence-corrected chi connectivity index (χ4v) is 4.93. The second kappa shape index (κ2) is 3.47. The Morgan fingerprint density at radius 1 is 1.06 bits per heavy atom. The van der Waals surface area contributed by atoms with E-state index in [9.17, 15) is 0 Å². The van der Waals surface area contributed by atoms with Gasteiger partial charge in [0.25, 0.3) is 0 Å². The zero-order valence-corrected chi connectivity index (χ0v) is 10.0. The summed E-state index contributed by atoms with van der Waals surface area (Å²) in [6.07, 6.45) is 8.29. The van der Waals surface area contributed by atoms with Crippen LogP contribution in [0.3, 0.4) is 0 Å². The maximum atomic E-state index is 5.49. The second-order valence-electron chi connectivity index (χ2n) is 6.35. The molecule has 0 unspecified atom stereocenters. The molecule has 5 rings (SSSR count). The van der Waals surface area contributed by atoms with Gasteiger partial charge in [-0.1, -0.05) is 5.16 Å². The first-order valence-corrected chi connectivity index (χ1v) is 6.86. The molecular formula is C13H19N3O. The average molecular weight is 233 g/mol. The Balaban J connectivity index is 1.54. The van der Waals surface area contributed by atoms with E-state index in [-0.39, 0.29) is 6.01 Å². The molecule has 2 N–H and O–H groups in total. The SMILES string of the molecule is Nc1nc(CC2C3CC4CC(C3)CC2C4)no1. The third-order valence-electron chi connectivity index (χ3n) is 5.32. The maximum absolute atomic E-state index is 5.49. The fraction of sp³-hybridized carbons (Fsp3) is 0.846. The highest BCUT2D eigenvalue weighted by Gasteiger charge is 2.48. The van der Waals surface area contributed by atoms with Crippen molar-refractivity contribution in [3.8, 4) is 0 Å². The summed E-state index contributed by atoms with van der Waals surface area (Å²) in [6, 6.07) is 0.212. The molecule has 4 bridgehead atoms. The van der Waals surface area contributed by atoms with E-state index in [1.165, 1.54) is 32.1 Å². The van der Waals surface area contributed by atoms with Crippen LogP contribution < -0.4 is 5.73 Å². The molecule has 17 heavy (non-hydrogen) atoms. The van der Waals surface area contributed by atoms with Crippen LogP contribution in [0.25, 0.3) is 0 Å². The molecule has 0 aromatic carbocycles. The van der Waals surface area contributed by atoms with Gasteiger partial charge in [0.15, 0.2) is 5.82 Å². The van der Waals surface area contributed by atoms with E-state index in [0.717, 1.165) is 41.8 Å². The van der Waals surface area contributed by atoms with E-state index in [1.54, 1.807) is 0 Å². The smallest absolute Gasteiger partial charge is 0.318 e. The largest absolute Gasteiger partial charge is 0.351 e. The van der Waals surface area contributed by atoms with Crippen molar-refractivity contribution >= 4 is 6.01 Å². The van der Waals surface area contributed by atoms with Gasteiger partial charge in [0, 0.05) is 6.42 Å². The van der Waals surface area contributed by atoms with Gasteiger partial charge in [0.1, 0.15) is 0 Å². The van der Waals surface area contributed by atoms with Gasteiger partial charge in [-0.05, 0) is 61.7 Å². The molecule has 4 nitrogen and oxygen atoms in total. The van der Waals surface area contributed by atoms with Crippen molar-refractivity contribution in [1.29, 1.82) is 0 Å². The standard InChI is InChI=1S/C13H19N3O/c14-13-15-12(16-17-13)6-11-9-2-7-1-8(4-9)5-10(11)3-7/h7-11H,1-6H2,(H2,14,15,16). The van der Waals surface area contributed by atoms with Crippen molar-refractivity contribution in [2.75, 3.05) is 5.73 Å². The lowest BCUT2D eigenvalue weighted by atomic mass is 9.51. The molecule has 92 valence electrons. The summed E-state index contributed by atoms with van der Waals surface area (Å²) in [5.74, 6) is 5.52. The van der Waals surface area contributed by atoms with Crippen LogP contribution in [0, 0.1) is 29.6 Å². The summed E-state index contributed by atoms with van der Waals surface area (Å²) >= 11 is 0. The van der Waals surface area contributed by atoms with Gasteiger partial charge in [-0.25, -0.2) is 0 Å². The highest BCUT2D eigenvalue weighted by Crippen LogP contribution is 2.57. The van der Waals surface area contributed by atoms with Crippen LogP contribution in [0.1, 0.15) is 37.9 Å². The molecule has 0 radical (unpaired) electrons. The number of rotatable bonds is 2. The molecule has 0 aliphatic heterocycles. The highest BCUT2D eigenvalue weighted by molar-refractivity contribution is 5.09. The second-order valence-corrected chi connectivity index (χ2v) is 6.35. The van der Waals surface area contributed by atoms with Crippen molar-refractivity contribution < 1.29 is 4.52 Å². The number of hydrogen-bond donors (Lipinski definition) is 1. The van der Waals surface area contributed by atoms with E-state index >= 15 is 0 Å². The number of anilines is 1. The van der Waals surface area contributed by atoms with Gasteiger partial charge in [-0.3, -0.25) is 0 Å². The Bertz CT molecular complexity index is 400. The van der Waals surface area contributed by atoms with Crippen LogP contribution >= 0.6 is 0 Å². The molecule has 0 saturated heterocycles. The molecule has 0 atom stereocenters. The lowest BCUT2D eigenvalue weighted by Gasteiger charge is -2.54. The maximum Gasteiger partial charge on any atom is 0.318 e. The molecule has 4 saturated carbocycles. The molecule has 4 aliphatic carbocycles. The molecule has 1 aromatic heterocycles. The fourth-order valence-electron chi connectivity index (χ4n) is 4.93. The normalized spacial score (nSPS) is 43.2. The number of nitrogens with two attached hydrogens (primary N) is 1. The molecule has 4 heteroatoms. The average Bonchev–Trinajstić information content (AvgIpc) is 2.68. The zero-order valence-electron chi connectivity index (χ0n) is 10.0. The minimum absolute atomic E-state index is 0.212. The summed E-state index contributed by atoms with van der Waals surface area (Å²) in [7, 11) is 0. The summed E-state index contributed by atoms with van der Waals surface area (Å²) in [6.45, 7) is 0. The lowest BCUT2D eigenvalue weighted by molar-refractivity contribution is -0.0368. The van der Waals surface area contributed by atoms with Gasteiger partial charge in [0.05, 0.1) is 0 Å². The first-order valence-electron chi connectivity index (χ1n) is 6.86. The topological polar surface area (TPSA) is 64.9 Å². The van der Waals surface area contributed by atoms with E-state index < -0.39 is 0 Å². The first-order chi connectivity index (χ1) is 8.28. The van der Waals surface area contributed by atoms with Crippen molar-refractivity contribution in [2.24, 2.45) is 29.6 Å². The van der Waals surface area contributed by atoms with Crippen LogP contribution in [0.15, 0.2) is 4.52 Å². The van der Waals surface area contributed by atoms with Crippen LogP contribution in [0.2, 0.25) is 0 Å². The van der Waals surface area contributed by atoms with Gasteiger partial charge >= 0.3 is 6.01 Å². The quantitative estimate of drug-likeness (QED) is 0.851. The molecule has 1 heterocycles. The molecule has 1 aromatic rings. The van der Waals surface area contributed by atoms with Crippen LogP contribution in [-0.2, 0) is 6.42 Å². The van der Waals surface area contributed by atoms with Gasteiger partial charge in [0.2, 0.25) is 0 Å². The third kappa shape index (κ3) is 1.57. The first kappa shape index (κ1) is 9.92. The minimum atomic E-state index is 0.212. The van der Waals surface area contributed by atoms with Crippen molar-refractivity contribution in [1.82, 2.24) is 10.1 Å². The summed E-state index contributed by atoms with van der Waals surface area (Å²) in [5.41, 5.74) is 5.49. The van der Waals surface area contributed by atoms with Crippen LogP contribution in [0.4, 0.5) is 6.01 Å². The molecule has 0 amide bonds. The van der Waals surface area contributed by atoms with E-state index in [2.05, 4.69) is 10.1 Å². The predicted molar refractivity (Wildman–Crippen MR) is 62.9 cm³/mol. The monoisotopic (exact) mass is 233 g/mol. The van der Waals surface area contributed by atoms with Crippen molar-refractivity contribution in [3.05, 3.63) is 5.82 Å². The van der Waals surface area contributed by atoms with E-state index in [0.29, 0.717) is 0 Å². The Morgan fingerprint density at radius 2 is 1.71 bits per heavy atom. The zero-order chi connectivity index (χ0) is 11.4. The molecule has 0 spiro atoms. The van der Waals surface area contributed by atoms with Crippen molar-refractivity contribution in [2.45, 2.75) is 38.5 Å². The molecular weight excluding hydrogens is 214 g/mol. The summed E-state index contributed by atoms with van der Waals surface area (Å²) < 4.78 is 4.87. The Kier molecular flexibility index (Phi) is 2.02. The molecule has 4 fully saturated rings. The summed E-state index contributed by atoms with van der Waals surface area (Å²) in [5, 5.41) is 3.96. The highest BCUT2D eigenvalue weighted by atomic mass is 16.5. The van der Waals surface area contributed by atoms with E-state index in [1.807, 2.05) is 0 Å². The van der Waals surface area contributed by atoms with Gasteiger partial charge in [-0.2, -0.15) is 4.98 Å². The minimum Gasteiger partial charge on any atom is -0.351 e. The van der Waals surface area contributed by atoms with Crippen molar-refractivity contribution in [3.63, 3.8) is 0 Å². The van der Waals surface area contributed by atoms with Gasteiger partial charge in [-0.15, -0.1) is 0 Å². The Labute approximate surface area is 101 Å². The summed E-state index contributed by atoms with van der Waals surface area (Å²) in [4.78, 5) is 4.16. The number of hydrogen-bond acceptors (Lipinski definition) is 4. The Hall–Kier alpha value is -1.06. The number of aromatic nitrogens is 2. The van der Waals surface area contributed by atoms with Crippen LogP contribution in [0.5, 0.6) is 0 Å². The number of nitrogens with zero attached hydrogens (tertiary/aromatic N) is 2. The van der Waals surface area contributed by atoms with E-state index in [4.69, 9.17) is 10.3 Å². The van der Waals surface area contributed by atoms with Gasteiger partial charge < -0.3 is 10.3 Å². The van der Waals surface area contributed by atoms with Crippen LogP contribution in [-0.4, -0.2) is 10.1 Å². The molecule has 4 aliphatic rings. The third-order valence-corrected chi connectivity index (χ3v) is 5.32. The Morgan fingerprint density at radius 3 is 2.24 bits per heavy atom. The number of nitrogen functional groups attached to an aromatic ring is 1. The lowest BCUT2D eigenvalue weighted by Crippen LogP contribution is -2.45. The predicted octanol–water partition coefficient (Wildman–Crippen LogP) is 2.27.